The van der Waals surface area contributed by atoms with Crippen LogP contribution in [0.2, 0.25) is 0 Å². The lowest BCUT2D eigenvalue weighted by Gasteiger charge is -2.06. The molecule has 0 saturated heterocycles. The van der Waals surface area contributed by atoms with Crippen molar-refractivity contribution in [3.63, 3.8) is 0 Å². The second-order valence-corrected chi connectivity index (χ2v) is 3.86. The van der Waals surface area contributed by atoms with E-state index in [2.05, 4.69) is 39.2 Å². The molecule has 1 rings (SSSR count). The molecule has 0 spiro atoms. The van der Waals surface area contributed by atoms with Crippen molar-refractivity contribution in [1.29, 1.82) is 5.26 Å². The van der Waals surface area contributed by atoms with E-state index in [0.29, 0.717) is 5.69 Å². The van der Waals surface area contributed by atoms with Gasteiger partial charge in [0.25, 0.3) is 0 Å². The molecular weight excluding hydrogens is 242 g/mol. The van der Waals surface area contributed by atoms with Crippen LogP contribution in [0.3, 0.4) is 0 Å². The summed E-state index contributed by atoms with van der Waals surface area (Å²) in [7, 11) is 0. The number of nitrogens with one attached hydrogen (secondary N) is 1. The van der Waals surface area contributed by atoms with Crippen LogP contribution < -0.4 is 5.32 Å². The summed E-state index contributed by atoms with van der Waals surface area (Å²) >= 11 is 3.32. The number of unbranched alkanes of at least 4 members (excludes halogenated alkanes) is 1. The highest BCUT2D eigenvalue weighted by Crippen LogP contribution is 2.18. The van der Waals surface area contributed by atoms with Crippen molar-refractivity contribution in [2.75, 3.05) is 11.9 Å². The van der Waals surface area contributed by atoms with Crippen LogP contribution >= 0.6 is 15.9 Å². The van der Waals surface area contributed by atoms with Gasteiger partial charge in [-0.2, -0.15) is 5.26 Å². The summed E-state index contributed by atoms with van der Waals surface area (Å²) in [5, 5.41) is 12.0. The summed E-state index contributed by atoms with van der Waals surface area (Å²) in [5.74, 6) is 0. The molecule has 1 N–H and O–H groups in total. The van der Waals surface area contributed by atoms with Gasteiger partial charge in [0, 0.05) is 17.2 Å². The lowest BCUT2D eigenvalue weighted by atomic mass is 10.3. The van der Waals surface area contributed by atoms with Crippen molar-refractivity contribution in [3.8, 4) is 6.07 Å². The third kappa shape index (κ3) is 3.00. The van der Waals surface area contributed by atoms with E-state index in [1.54, 1.807) is 6.20 Å². The average molecular weight is 254 g/mol. The first-order chi connectivity index (χ1) is 6.77. The average Bonchev–Trinajstić information content (AvgIpc) is 2.19. The molecule has 0 unspecified atom stereocenters. The molecule has 0 saturated carbocycles. The fourth-order valence-electron chi connectivity index (χ4n) is 1.06. The van der Waals surface area contributed by atoms with Gasteiger partial charge in [0.1, 0.15) is 6.07 Å². The van der Waals surface area contributed by atoms with Gasteiger partial charge in [0.2, 0.25) is 0 Å². The molecule has 0 amide bonds. The number of pyridine rings is 1. The van der Waals surface area contributed by atoms with E-state index in [1.165, 1.54) is 0 Å². The third-order valence-corrected chi connectivity index (χ3v) is 2.24. The minimum atomic E-state index is 0.448. The van der Waals surface area contributed by atoms with Gasteiger partial charge in [0.15, 0.2) is 5.69 Å². The summed E-state index contributed by atoms with van der Waals surface area (Å²) in [6.45, 7) is 3.01. The Hall–Kier alpha value is -1.08. The molecular formula is C10H12BrN3. The van der Waals surface area contributed by atoms with Gasteiger partial charge in [-0.15, -0.1) is 0 Å². The zero-order valence-electron chi connectivity index (χ0n) is 8.05. The highest BCUT2D eigenvalue weighted by Gasteiger charge is 2.02. The van der Waals surface area contributed by atoms with Crippen LogP contribution in [-0.2, 0) is 0 Å². The van der Waals surface area contributed by atoms with Crippen molar-refractivity contribution in [3.05, 3.63) is 22.4 Å². The Balaban J connectivity index is 2.73. The largest absolute Gasteiger partial charge is 0.383 e. The molecule has 0 bridgehead atoms. The van der Waals surface area contributed by atoms with Crippen LogP contribution in [-0.4, -0.2) is 11.5 Å². The first kappa shape index (κ1) is 11.0. The van der Waals surface area contributed by atoms with E-state index < -0.39 is 0 Å². The number of hydrogen-bond acceptors (Lipinski definition) is 3. The van der Waals surface area contributed by atoms with Gasteiger partial charge in [-0.1, -0.05) is 13.3 Å². The maximum Gasteiger partial charge on any atom is 0.163 e. The predicted molar refractivity (Wildman–Crippen MR) is 60.0 cm³/mol. The first-order valence-corrected chi connectivity index (χ1v) is 5.36. The summed E-state index contributed by atoms with van der Waals surface area (Å²) in [5.41, 5.74) is 1.25. The van der Waals surface area contributed by atoms with Crippen molar-refractivity contribution in [1.82, 2.24) is 4.98 Å². The predicted octanol–water partition coefficient (Wildman–Crippen LogP) is 2.93. The van der Waals surface area contributed by atoms with Crippen LogP contribution in [0.4, 0.5) is 5.69 Å². The maximum absolute atomic E-state index is 8.80. The van der Waals surface area contributed by atoms with E-state index in [1.807, 2.05) is 6.07 Å². The van der Waals surface area contributed by atoms with E-state index in [4.69, 9.17) is 5.26 Å². The molecule has 1 aromatic heterocycles. The Morgan fingerprint density at radius 3 is 3.07 bits per heavy atom. The van der Waals surface area contributed by atoms with Crippen LogP contribution in [0.25, 0.3) is 0 Å². The summed E-state index contributed by atoms with van der Waals surface area (Å²) in [6, 6.07) is 3.93. The van der Waals surface area contributed by atoms with Gasteiger partial charge in [-0.25, -0.2) is 4.98 Å². The maximum atomic E-state index is 8.80. The molecule has 74 valence electrons. The summed E-state index contributed by atoms with van der Waals surface area (Å²) < 4.78 is 0.885. The molecule has 0 aliphatic heterocycles. The van der Waals surface area contributed by atoms with E-state index in [9.17, 15) is 0 Å². The highest BCUT2D eigenvalue weighted by molar-refractivity contribution is 9.10. The highest BCUT2D eigenvalue weighted by atomic mass is 79.9. The SMILES string of the molecule is CCCCNc1cc(Br)cnc1C#N. The number of hydrogen-bond donors (Lipinski definition) is 1. The van der Waals surface area contributed by atoms with Crippen molar-refractivity contribution in [2.45, 2.75) is 19.8 Å². The fourth-order valence-corrected chi connectivity index (χ4v) is 1.39. The van der Waals surface area contributed by atoms with E-state index in [0.717, 1.165) is 29.5 Å². The van der Waals surface area contributed by atoms with Gasteiger partial charge in [0.05, 0.1) is 5.69 Å². The molecule has 0 atom stereocenters. The van der Waals surface area contributed by atoms with Crippen LogP contribution in [0.15, 0.2) is 16.7 Å². The number of aromatic nitrogens is 1. The van der Waals surface area contributed by atoms with Crippen LogP contribution in [0.1, 0.15) is 25.5 Å². The minimum absolute atomic E-state index is 0.448. The number of nitriles is 1. The number of halogens is 1. The van der Waals surface area contributed by atoms with Crippen LogP contribution in [0, 0.1) is 11.3 Å². The third-order valence-electron chi connectivity index (χ3n) is 1.81. The van der Waals surface area contributed by atoms with Gasteiger partial charge < -0.3 is 5.32 Å². The molecule has 1 aromatic rings. The summed E-state index contributed by atoms with van der Waals surface area (Å²) in [4.78, 5) is 4.00. The normalized spacial score (nSPS) is 9.50. The zero-order chi connectivity index (χ0) is 10.4. The molecule has 0 aliphatic rings. The quantitative estimate of drug-likeness (QED) is 0.840. The van der Waals surface area contributed by atoms with Crippen molar-refractivity contribution >= 4 is 21.6 Å². The Morgan fingerprint density at radius 2 is 2.43 bits per heavy atom. The molecule has 0 radical (unpaired) electrons. The van der Waals surface area contributed by atoms with Crippen LogP contribution in [0.5, 0.6) is 0 Å². The first-order valence-electron chi connectivity index (χ1n) is 4.57. The molecule has 0 aliphatic carbocycles. The Bertz CT molecular complexity index is 344. The van der Waals surface area contributed by atoms with Gasteiger partial charge in [-0.3, -0.25) is 0 Å². The standard InChI is InChI=1S/C10H12BrN3/c1-2-3-4-13-9-5-8(11)7-14-10(9)6-12/h5,7,13H,2-4H2,1H3. The Morgan fingerprint density at radius 1 is 1.64 bits per heavy atom. The van der Waals surface area contributed by atoms with E-state index >= 15 is 0 Å². The van der Waals surface area contributed by atoms with Crippen molar-refractivity contribution in [2.24, 2.45) is 0 Å². The number of rotatable bonds is 4. The lowest BCUT2D eigenvalue weighted by Crippen LogP contribution is -2.03. The molecule has 3 nitrogen and oxygen atoms in total. The topological polar surface area (TPSA) is 48.7 Å². The van der Waals surface area contributed by atoms with E-state index in [-0.39, 0.29) is 0 Å². The molecule has 0 fully saturated rings. The summed E-state index contributed by atoms with van der Waals surface area (Å²) in [6.07, 6.45) is 3.86. The second-order valence-electron chi connectivity index (χ2n) is 2.94. The molecule has 4 heteroatoms. The number of anilines is 1. The van der Waals surface area contributed by atoms with Crippen molar-refractivity contribution < 1.29 is 0 Å². The zero-order valence-corrected chi connectivity index (χ0v) is 9.63. The van der Waals surface area contributed by atoms with Gasteiger partial charge >= 0.3 is 0 Å². The molecule has 1 heterocycles. The minimum Gasteiger partial charge on any atom is -0.383 e. The molecule has 0 aromatic carbocycles. The monoisotopic (exact) mass is 253 g/mol. The fraction of sp³-hybridized carbons (Fsp3) is 0.400. The Labute approximate surface area is 92.3 Å². The smallest absolute Gasteiger partial charge is 0.163 e. The Kier molecular flexibility index (Phi) is 4.41. The second kappa shape index (κ2) is 5.61. The molecule has 14 heavy (non-hydrogen) atoms. The lowest BCUT2D eigenvalue weighted by molar-refractivity contribution is 0.833. The number of nitrogens with zero attached hydrogens (tertiary/aromatic N) is 2. The van der Waals surface area contributed by atoms with Gasteiger partial charge in [-0.05, 0) is 28.4 Å².